The van der Waals surface area contributed by atoms with E-state index in [4.69, 9.17) is 4.74 Å². The Hall–Kier alpha value is -1.28. The zero-order valence-electron chi connectivity index (χ0n) is 14.7. The van der Waals surface area contributed by atoms with Crippen LogP contribution in [0.2, 0.25) is 0 Å². The predicted octanol–water partition coefficient (Wildman–Crippen LogP) is 3.35. The number of hydrogen-bond acceptors (Lipinski definition) is 6. The van der Waals surface area contributed by atoms with E-state index < -0.39 is 0 Å². The van der Waals surface area contributed by atoms with Crippen LogP contribution in [0.15, 0.2) is 23.7 Å². The number of thiazole rings is 1. The number of morpholine rings is 1. The molecule has 0 bridgehead atoms. The van der Waals surface area contributed by atoms with E-state index in [1.807, 2.05) is 17.5 Å². The number of ether oxygens (including phenoxy) is 1. The third-order valence-electron chi connectivity index (χ3n) is 4.27. The first-order valence-electron chi connectivity index (χ1n) is 8.73. The fourth-order valence-electron chi connectivity index (χ4n) is 3.04. The second-order valence-corrected chi connectivity index (χ2v) is 8.63. The first-order chi connectivity index (χ1) is 12.1. The van der Waals surface area contributed by atoms with Crippen molar-refractivity contribution in [2.75, 3.05) is 32.8 Å². The van der Waals surface area contributed by atoms with Crippen LogP contribution < -0.4 is 5.32 Å². The van der Waals surface area contributed by atoms with Gasteiger partial charge in [-0.2, -0.15) is 0 Å². The Kier molecular flexibility index (Phi) is 6.58. The molecular formula is C18H25N3O2S2. The lowest BCUT2D eigenvalue weighted by Crippen LogP contribution is -2.49. The molecule has 3 heterocycles. The number of nitrogens with zero attached hydrogens (tertiary/aromatic N) is 2. The Morgan fingerprint density at radius 2 is 2.20 bits per heavy atom. The normalized spacial score (nSPS) is 16.9. The van der Waals surface area contributed by atoms with Crippen molar-refractivity contribution in [2.45, 2.75) is 26.3 Å². The average Bonchev–Trinajstić information content (AvgIpc) is 3.29. The molecule has 1 amide bonds. The summed E-state index contributed by atoms with van der Waals surface area (Å²) in [6, 6.07) is 4.39. The van der Waals surface area contributed by atoms with E-state index in [2.05, 4.69) is 29.0 Å². The van der Waals surface area contributed by atoms with Crippen LogP contribution in [0.25, 0.3) is 9.88 Å². The molecule has 1 atom stereocenters. The second-order valence-electron chi connectivity index (χ2n) is 6.65. The minimum Gasteiger partial charge on any atom is -0.379 e. The molecule has 7 heteroatoms. The van der Waals surface area contributed by atoms with Crippen molar-refractivity contribution in [1.29, 1.82) is 0 Å². The lowest BCUT2D eigenvalue weighted by atomic mass is 10.0. The Labute approximate surface area is 157 Å². The molecule has 0 aromatic carbocycles. The van der Waals surface area contributed by atoms with Crippen molar-refractivity contribution < 1.29 is 9.53 Å². The molecule has 0 radical (unpaired) electrons. The minimum absolute atomic E-state index is 0.0256. The van der Waals surface area contributed by atoms with Gasteiger partial charge in [0, 0.05) is 25.7 Å². The summed E-state index contributed by atoms with van der Waals surface area (Å²) in [5.41, 5.74) is 0. The zero-order chi connectivity index (χ0) is 17.6. The first kappa shape index (κ1) is 18.5. The van der Waals surface area contributed by atoms with Gasteiger partial charge < -0.3 is 10.1 Å². The molecular weight excluding hydrogens is 354 g/mol. The van der Waals surface area contributed by atoms with Crippen molar-refractivity contribution in [3.05, 3.63) is 28.6 Å². The van der Waals surface area contributed by atoms with Gasteiger partial charge in [0.2, 0.25) is 0 Å². The molecule has 25 heavy (non-hydrogen) atoms. The van der Waals surface area contributed by atoms with Gasteiger partial charge in [0.1, 0.15) is 9.88 Å². The summed E-state index contributed by atoms with van der Waals surface area (Å²) in [5, 5.41) is 6.05. The van der Waals surface area contributed by atoms with Gasteiger partial charge in [0.25, 0.3) is 5.91 Å². The van der Waals surface area contributed by atoms with Gasteiger partial charge in [-0.05, 0) is 23.8 Å². The number of carbonyl (C=O) groups is 1. The van der Waals surface area contributed by atoms with Gasteiger partial charge in [0.05, 0.1) is 24.3 Å². The van der Waals surface area contributed by atoms with Crippen LogP contribution in [-0.2, 0) is 4.74 Å². The molecule has 0 saturated carbocycles. The maximum atomic E-state index is 12.5. The molecule has 1 saturated heterocycles. The molecule has 1 fully saturated rings. The summed E-state index contributed by atoms with van der Waals surface area (Å²) in [6.45, 7) is 8.57. The highest BCUT2D eigenvalue weighted by Crippen LogP contribution is 2.28. The van der Waals surface area contributed by atoms with Gasteiger partial charge in [-0.1, -0.05) is 19.9 Å². The average molecular weight is 380 g/mol. The van der Waals surface area contributed by atoms with E-state index in [0.717, 1.165) is 42.6 Å². The summed E-state index contributed by atoms with van der Waals surface area (Å²) in [6.07, 6.45) is 2.75. The molecule has 0 aliphatic carbocycles. The maximum Gasteiger partial charge on any atom is 0.263 e. The summed E-state index contributed by atoms with van der Waals surface area (Å²) in [5.74, 6) is 0.570. The topological polar surface area (TPSA) is 54.5 Å². The quantitative estimate of drug-likeness (QED) is 0.802. The molecule has 1 aliphatic rings. The van der Waals surface area contributed by atoms with E-state index in [1.54, 1.807) is 17.5 Å². The number of aromatic nitrogens is 1. The SMILES string of the molecule is CC(C)CC(CNC(=O)c1cnc(-c2cccs2)s1)N1CCOCC1. The maximum absolute atomic E-state index is 12.5. The van der Waals surface area contributed by atoms with Crippen LogP contribution in [0, 0.1) is 5.92 Å². The van der Waals surface area contributed by atoms with E-state index >= 15 is 0 Å². The van der Waals surface area contributed by atoms with E-state index in [9.17, 15) is 4.79 Å². The molecule has 1 unspecified atom stereocenters. The molecule has 0 spiro atoms. The molecule has 136 valence electrons. The minimum atomic E-state index is -0.0256. The number of carbonyl (C=O) groups excluding carboxylic acids is 1. The van der Waals surface area contributed by atoms with Crippen molar-refractivity contribution in [2.24, 2.45) is 5.92 Å². The third kappa shape index (κ3) is 5.10. The van der Waals surface area contributed by atoms with Gasteiger partial charge >= 0.3 is 0 Å². The van der Waals surface area contributed by atoms with Crippen molar-refractivity contribution in [3.63, 3.8) is 0 Å². The van der Waals surface area contributed by atoms with Crippen molar-refractivity contribution >= 4 is 28.6 Å². The van der Waals surface area contributed by atoms with Crippen LogP contribution in [0.1, 0.15) is 29.9 Å². The number of nitrogens with one attached hydrogen (secondary N) is 1. The summed E-state index contributed by atoms with van der Waals surface area (Å²) < 4.78 is 5.45. The highest BCUT2D eigenvalue weighted by Gasteiger charge is 2.23. The Bertz CT molecular complexity index is 664. The Balaban J connectivity index is 1.59. The fourth-order valence-corrected chi connectivity index (χ4v) is 4.68. The van der Waals surface area contributed by atoms with Crippen molar-refractivity contribution in [3.8, 4) is 9.88 Å². The fraction of sp³-hybridized carbons (Fsp3) is 0.556. The molecule has 5 nitrogen and oxygen atoms in total. The van der Waals surface area contributed by atoms with Gasteiger partial charge in [-0.25, -0.2) is 4.98 Å². The van der Waals surface area contributed by atoms with E-state index in [0.29, 0.717) is 23.4 Å². The van der Waals surface area contributed by atoms with E-state index in [1.165, 1.54) is 11.3 Å². The monoisotopic (exact) mass is 379 g/mol. The second kappa shape index (κ2) is 8.89. The summed E-state index contributed by atoms with van der Waals surface area (Å²) in [7, 11) is 0. The zero-order valence-corrected chi connectivity index (χ0v) is 16.4. The number of hydrogen-bond donors (Lipinski definition) is 1. The molecule has 1 aliphatic heterocycles. The van der Waals surface area contributed by atoms with E-state index in [-0.39, 0.29) is 5.91 Å². The largest absolute Gasteiger partial charge is 0.379 e. The standard InChI is InChI=1S/C18H25N3O2S2/c1-13(2)10-14(21-5-7-23-8-6-21)11-19-17(22)16-12-20-18(25-16)15-4-3-9-24-15/h3-4,9,12-14H,5-8,10-11H2,1-2H3,(H,19,22). The lowest BCUT2D eigenvalue weighted by Gasteiger charge is -2.35. The van der Waals surface area contributed by atoms with Gasteiger partial charge in [-0.3, -0.25) is 9.69 Å². The molecule has 3 rings (SSSR count). The van der Waals surface area contributed by atoms with Crippen LogP contribution in [0.5, 0.6) is 0 Å². The molecule has 2 aromatic rings. The van der Waals surface area contributed by atoms with Gasteiger partial charge in [0.15, 0.2) is 0 Å². The highest BCUT2D eigenvalue weighted by molar-refractivity contribution is 7.21. The summed E-state index contributed by atoms with van der Waals surface area (Å²) >= 11 is 3.10. The Morgan fingerprint density at radius 3 is 2.88 bits per heavy atom. The predicted molar refractivity (Wildman–Crippen MR) is 103 cm³/mol. The van der Waals surface area contributed by atoms with Crippen LogP contribution >= 0.6 is 22.7 Å². The van der Waals surface area contributed by atoms with Gasteiger partial charge in [-0.15, -0.1) is 22.7 Å². The van der Waals surface area contributed by atoms with Crippen LogP contribution in [0.4, 0.5) is 0 Å². The molecule has 2 aromatic heterocycles. The van der Waals surface area contributed by atoms with Crippen LogP contribution in [-0.4, -0.2) is 54.7 Å². The van der Waals surface area contributed by atoms with Crippen molar-refractivity contribution in [1.82, 2.24) is 15.2 Å². The number of thiophene rings is 1. The Morgan fingerprint density at radius 1 is 1.40 bits per heavy atom. The lowest BCUT2D eigenvalue weighted by molar-refractivity contribution is 0.0125. The number of amides is 1. The highest BCUT2D eigenvalue weighted by atomic mass is 32.1. The molecule has 1 N–H and O–H groups in total. The smallest absolute Gasteiger partial charge is 0.263 e. The first-order valence-corrected chi connectivity index (χ1v) is 10.4. The third-order valence-corrected chi connectivity index (χ3v) is 6.30. The number of rotatable bonds is 7. The van der Waals surface area contributed by atoms with Crippen LogP contribution in [0.3, 0.4) is 0 Å². The summed E-state index contributed by atoms with van der Waals surface area (Å²) in [4.78, 5) is 21.1.